The number of nitrogens with zero attached hydrogens (tertiary/aromatic N) is 3. The van der Waals surface area contributed by atoms with E-state index in [0.29, 0.717) is 4.87 Å². The van der Waals surface area contributed by atoms with Crippen LogP contribution in [0.25, 0.3) is 0 Å². The largest absolute Gasteiger partial charge is 0.472 e. The molecule has 13 heavy (non-hydrogen) atoms. The van der Waals surface area contributed by atoms with Crippen LogP contribution in [0.5, 0.6) is 0 Å². The molecule has 1 aliphatic heterocycles. The lowest BCUT2D eigenvalue weighted by molar-refractivity contribution is -0.582. The fourth-order valence-corrected chi connectivity index (χ4v) is 0.880. The van der Waals surface area contributed by atoms with Crippen LogP contribution in [-0.4, -0.2) is 28.8 Å². The van der Waals surface area contributed by atoms with Gasteiger partial charge in [-0.1, -0.05) is 0 Å². The second kappa shape index (κ2) is 3.30. The SMILES string of the molecule is COC1=N[N+](=O)C(C)C=C1[N+](=O)[O-]. The van der Waals surface area contributed by atoms with Gasteiger partial charge in [-0.15, -0.1) is 0 Å². The minimum Gasteiger partial charge on any atom is -0.472 e. The van der Waals surface area contributed by atoms with E-state index < -0.39 is 11.0 Å². The molecule has 0 N–H and O–H groups in total. The zero-order chi connectivity index (χ0) is 10.0. The average molecular weight is 186 g/mol. The molecule has 0 aliphatic carbocycles. The molecule has 1 rings (SSSR count). The summed E-state index contributed by atoms with van der Waals surface area (Å²) in [5, 5.41) is 13.8. The predicted molar refractivity (Wildman–Crippen MR) is 42.6 cm³/mol. The van der Waals surface area contributed by atoms with E-state index >= 15 is 0 Å². The maximum absolute atomic E-state index is 10.9. The third kappa shape index (κ3) is 1.68. The van der Waals surface area contributed by atoms with Crippen molar-refractivity contribution >= 4 is 5.90 Å². The van der Waals surface area contributed by atoms with Gasteiger partial charge in [0.1, 0.15) is 0 Å². The summed E-state index contributed by atoms with van der Waals surface area (Å²) >= 11 is 0. The summed E-state index contributed by atoms with van der Waals surface area (Å²) in [6, 6.07) is -0.640. The summed E-state index contributed by atoms with van der Waals surface area (Å²) in [7, 11) is 1.22. The second-order valence-corrected chi connectivity index (χ2v) is 2.46. The fraction of sp³-hybridized carbons (Fsp3) is 0.500. The first-order valence-electron chi connectivity index (χ1n) is 3.51. The highest BCUT2D eigenvalue weighted by molar-refractivity contribution is 5.90. The van der Waals surface area contributed by atoms with E-state index in [2.05, 4.69) is 9.84 Å². The van der Waals surface area contributed by atoms with Crippen LogP contribution in [0.3, 0.4) is 0 Å². The van der Waals surface area contributed by atoms with Crippen molar-refractivity contribution in [2.75, 3.05) is 7.11 Å². The first-order chi connectivity index (χ1) is 6.06. The molecule has 0 spiro atoms. The first-order valence-corrected chi connectivity index (χ1v) is 3.51. The average Bonchev–Trinajstić information content (AvgIpc) is 2.08. The molecule has 1 atom stereocenters. The molecule has 70 valence electrons. The van der Waals surface area contributed by atoms with Crippen LogP contribution in [0.1, 0.15) is 6.92 Å². The zero-order valence-electron chi connectivity index (χ0n) is 7.13. The van der Waals surface area contributed by atoms with E-state index in [4.69, 9.17) is 0 Å². The smallest absolute Gasteiger partial charge is 0.362 e. The van der Waals surface area contributed by atoms with Crippen LogP contribution in [0.4, 0.5) is 0 Å². The number of hydrazone groups is 1. The van der Waals surface area contributed by atoms with E-state index in [9.17, 15) is 15.0 Å². The van der Waals surface area contributed by atoms with Crippen LogP contribution < -0.4 is 0 Å². The second-order valence-electron chi connectivity index (χ2n) is 2.46. The van der Waals surface area contributed by atoms with E-state index in [0.717, 1.165) is 0 Å². The Balaban J connectivity index is 3.06. The van der Waals surface area contributed by atoms with Gasteiger partial charge in [-0.3, -0.25) is 10.1 Å². The molecule has 0 aromatic carbocycles. The Bertz CT molecular complexity index is 320. The maximum atomic E-state index is 10.9. The topological polar surface area (TPSA) is 84.8 Å². The molecule has 7 nitrogen and oxygen atoms in total. The molecular weight excluding hydrogens is 178 g/mol. The van der Waals surface area contributed by atoms with Gasteiger partial charge in [-0.2, -0.15) is 0 Å². The van der Waals surface area contributed by atoms with E-state index in [1.165, 1.54) is 20.1 Å². The van der Waals surface area contributed by atoms with Gasteiger partial charge in [-0.25, -0.2) is 0 Å². The van der Waals surface area contributed by atoms with Crippen molar-refractivity contribution in [1.29, 1.82) is 0 Å². The summed E-state index contributed by atoms with van der Waals surface area (Å²) < 4.78 is 4.58. The minimum atomic E-state index is -0.640. The first kappa shape index (κ1) is 9.30. The highest BCUT2D eigenvalue weighted by Gasteiger charge is 2.35. The van der Waals surface area contributed by atoms with Crippen LogP contribution in [-0.2, 0) is 4.74 Å². The molecule has 0 bridgehead atoms. The number of rotatable bonds is 1. The summed E-state index contributed by atoms with van der Waals surface area (Å²) in [5.41, 5.74) is -0.276. The van der Waals surface area contributed by atoms with Crippen LogP contribution in [0.15, 0.2) is 16.9 Å². The summed E-state index contributed by atoms with van der Waals surface area (Å²) in [6.07, 6.45) is 1.19. The number of methoxy groups -OCH3 is 1. The summed E-state index contributed by atoms with van der Waals surface area (Å²) in [5.74, 6) is -0.266. The molecule has 0 saturated heterocycles. The third-order valence-electron chi connectivity index (χ3n) is 1.55. The molecule has 0 aromatic rings. The molecule has 0 fully saturated rings. The molecule has 1 heterocycles. The van der Waals surface area contributed by atoms with Crippen molar-refractivity contribution in [3.8, 4) is 0 Å². The van der Waals surface area contributed by atoms with Gasteiger partial charge in [0.2, 0.25) is 0 Å². The quantitative estimate of drug-likeness (QED) is 0.334. The normalized spacial score (nSPS) is 22.0. The van der Waals surface area contributed by atoms with Gasteiger partial charge < -0.3 is 4.74 Å². The minimum absolute atomic E-state index is 0.266. The van der Waals surface area contributed by atoms with E-state index in [1.54, 1.807) is 0 Å². The predicted octanol–water partition coefficient (Wildman–Crippen LogP) is 0.288. The maximum Gasteiger partial charge on any atom is 0.362 e. The lowest BCUT2D eigenvalue weighted by Crippen LogP contribution is -2.27. The van der Waals surface area contributed by atoms with Crippen LogP contribution >= 0.6 is 0 Å². The summed E-state index contributed by atoms with van der Waals surface area (Å²) in [6.45, 7) is 1.51. The number of hydrogen-bond acceptors (Lipinski definition) is 4. The monoisotopic (exact) mass is 186 g/mol. The van der Waals surface area contributed by atoms with Gasteiger partial charge in [0, 0.05) is 6.92 Å². The molecule has 0 amide bonds. The third-order valence-corrected chi connectivity index (χ3v) is 1.55. The number of nitroso groups, excluding NO2 is 1. The Morgan fingerprint density at radius 3 is 2.85 bits per heavy atom. The molecule has 7 heteroatoms. The molecule has 0 saturated carbocycles. The standard InChI is InChI=1S/C6H8N3O4/c1-4-3-5(9(11)12)6(13-2)7-8(4)10/h3-4H,1-2H3/q+1. The van der Waals surface area contributed by atoms with Crippen molar-refractivity contribution in [2.24, 2.45) is 5.10 Å². The Morgan fingerprint density at radius 2 is 2.38 bits per heavy atom. The molecular formula is C6H8N3O4+. The van der Waals surface area contributed by atoms with Gasteiger partial charge in [0.25, 0.3) is 6.04 Å². The van der Waals surface area contributed by atoms with Gasteiger partial charge in [-0.05, 0) is 0 Å². The molecule has 0 aromatic heterocycles. The van der Waals surface area contributed by atoms with Gasteiger partial charge in [0.05, 0.1) is 28.1 Å². The van der Waals surface area contributed by atoms with E-state index in [1.807, 2.05) is 0 Å². The summed E-state index contributed by atoms with van der Waals surface area (Å²) in [4.78, 5) is 21.1. The lowest BCUT2D eigenvalue weighted by atomic mass is 10.2. The number of hydrogen-bond donors (Lipinski definition) is 0. The number of ether oxygens (including phenoxy) is 1. The number of nitro groups is 1. The fourth-order valence-electron chi connectivity index (χ4n) is 0.880. The zero-order valence-corrected chi connectivity index (χ0v) is 7.13. The Morgan fingerprint density at radius 1 is 1.77 bits per heavy atom. The molecule has 0 radical (unpaired) electrons. The Labute approximate surface area is 73.4 Å². The Hall–Kier alpha value is -1.79. The van der Waals surface area contributed by atoms with Crippen LogP contribution in [0.2, 0.25) is 0 Å². The Kier molecular flexibility index (Phi) is 2.36. The van der Waals surface area contributed by atoms with Crippen LogP contribution in [0, 0.1) is 15.0 Å². The highest BCUT2D eigenvalue weighted by atomic mass is 16.6. The van der Waals surface area contributed by atoms with Gasteiger partial charge in [0.15, 0.2) is 4.87 Å². The lowest BCUT2D eigenvalue weighted by Gasteiger charge is -2.03. The van der Waals surface area contributed by atoms with Crippen molar-refractivity contribution in [3.63, 3.8) is 0 Å². The van der Waals surface area contributed by atoms with Crippen molar-refractivity contribution in [2.45, 2.75) is 13.0 Å². The van der Waals surface area contributed by atoms with E-state index in [-0.39, 0.29) is 11.6 Å². The van der Waals surface area contributed by atoms with Crippen molar-refractivity contribution in [3.05, 3.63) is 26.8 Å². The molecule has 1 aliphatic rings. The molecule has 1 unspecified atom stereocenters. The highest BCUT2D eigenvalue weighted by Crippen LogP contribution is 2.10. The van der Waals surface area contributed by atoms with Crippen molar-refractivity contribution < 1.29 is 14.5 Å². The van der Waals surface area contributed by atoms with Gasteiger partial charge >= 0.3 is 11.6 Å². The van der Waals surface area contributed by atoms with Crippen molar-refractivity contribution in [1.82, 2.24) is 0 Å².